The molecule has 1 atom stereocenters. The summed E-state index contributed by atoms with van der Waals surface area (Å²) in [5.74, 6) is 0. The number of fused-ring (bicyclic) bond motifs is 1. The third-order valence-electron chi connectivity index (χ3n) is 5.42. The van der Waals surface area contributed by atoms with Gasteiger partial charge in [-0.25, -0.2) is 4.79 Å². The average Bonchev–Trinajstić information content (AvgIpc) is 3.01. The van der Waals surface area contributed by atoms with Gasteiger partial charge in [0.05, 0.1) is 11.6 Å². The molecule has 1 amide bonds. The van der Waals surface area contributed by atoms with Gasteiger partial charge >= 0.3 is 6.09 Å². The summed E-state index contributed by atoms with van der Waals surface area (Å²) in [5, 5.41) is 10.4. The summed E-state index contributed by atoms with van der Waals surface area (Å²) >= 11 is 0. The van der Waals surface area contributed by atoms with Crippen LogP contribution in [0.5, 0.6) is 0 Å². The van der Waals surface area contributed by atoms with Crippen LogP contribution in [0.1, 0.15) is 64.6 Å². The summed E-state index contributed by atoms with van der Waals surface area (Å²) in [5.41, 5.74) is 2.60. The lowest BCUT2D eigenvalue weighted by Gasteiger charge is -2.37. The molecule has 5 heteroatoms. The Morgan fingerprint density at radius 2 is 2.07 bits per heavy atom. The van der Waals surface area contributed by atoms with E-state index in [1.165, 1.54) is 11.1 Å². The molecule has 2 aromatic rings. The highest BCUT2D eigenvalue weighted by Crippen LogP contribution is 2.26. The minimum atomic E-state index is -0.466. The van der Waals surface area contributed by atoms with Crippen molar-refractivity contribution in [1.29, 1.82) is 5.26 Å². The molecule has 2 heterocycles. The van der Waals surface area contributed by atoms with E-state index in [1.807, 2.05) is 43.9 Å². The first-order valence-corrected chi connectivity index (χ1v) is 10.3. The third-order valence-corrected chi connectivity index (χ3v) is 5.42. The summed E-state index contributed by atoms with van der Waals surface area (Å²) < 4.78 is 7.92. The Morgan fingerprint density at radius 3 is 2.75 bits per heavy atom. The molecule has 1 aromatic heterocycles. The third kappa shape index (κ3) is 4.49. The number of nitrogens with zero attached hydrogens (tertiary/aromatic N) is 3. The predicted molar refractivity (Wildman–Crippen MR) is 111 cm³/mol. The van der Waals surface area contributed by atoms with E-state index in [9.17, 15) is 10.1 Å². The fourth-order valence-corrected chi connectivity index (χ4v) is 4.14. The molecule has 1 aromatic carbocycles. The lowest BCUT2D eigenvalue weighted by molar-refractivity contribution is 0.00886. The first kappa shape index (κ1) is 20.3. The highest BCUT2D eigenvalue weighted by molar-refractivity contribution is 5.82. The predicted octanol–water partition coefficient (Wildman–Crippen LogP) is 5.26. The number of carbonyl (C=O) groups is 1. The van der Waals surface area contributed by atoms with Gasteiger partial charge in [-0.1, -0.05) is 6.07 Å². The van der Waals surface area contributed by atoms with Crippen LogP contribution in [0, 0.1) is 11.3 Å². The maximum Gasteiger partial charge on any atom is 0.410 e. The fourth-order valence-electron chi connectivity index (χ4n) is 4.14. The molecule has 3 rings (SSSR count). The molecule has 0 unspecified atom stereocenters. The van der Waals surface area contributed by atoms with Crippen LogP contribution in [0.3, 0.4) is 0 Å². The topological polar surface area (TPSA) is 58.3 Å². The molecule has 1 aliphatic heterocycles. The minimum Gasteiger partial charge on any atom is -0.444 e. The second kappa shape index (κ2) is 8.26. The lowest BCUT2D eigenvalue weighted by Crippen LogP contribution is -2.46. The van der Waals surface area contributed by atoms with Crippen LogP contribution in [0.15, 0.2) is 24.3 Å². The van der Waals surface area contributed by atoms with Gasteiger partial charge < -0.3 is 14.2 Å². The Balaban J connectivity index is 1.76. The number of hydrogen-bond acceptors (Lipinski definition) is 3. The van der Waals surface area contributed by atoms with Gasteiger partial charge in [0.25, 0.3) is 0 Å². The average molecular weight is 382 g/mol. The van der Waals surface area contributed by atoms with E-state index in [4.69, 9.17) is 4.74 Å². The van der Waals surface area contributed by atoms with Crippen molar-refractivity contribution in [2.45, 2.75) is 78.0 Å². The number of rotatable bonds is 4. The van der Waals surface area contributed by atoms with E-state index in [-0.39, 0.29) is 12.1 Å². The Hall–Kier alpha value is -2.48. The van der Waals surface area contributed by atoms with Crippen molar-refractivity contribution in [1.82, 2.24) is 9.47 Å². The highest BCUT2D eigenvalue weighted by Gasteiger charge is 2.30. The number of likely N-dealkylation sites (tertiary alicyclic amines) is 1. The van der Waals surface area contributed by atoms with Crippen molar-refractivity contribution in [2.75, 3.05) is 6.54 Å². The Bertz CT molecular complexity index is 886. The van der Waals surface area contributed by atoms with Gasteiger partial charge in [0.1, 0.15) is 5.60 Å². The summed E-state index contributed by atoms with van der Waals surface area (Å²) in [6.45, 7) is 9.53. The van der Waals surface area contributed by atoms with E-state index in [0.717, 1.165) is 50.7 Å². The molecular formula is C23H31N3O2. The van der Waals surface area contributed by atoms with E-state index in [0.29, 0.717) is 5.56 Å². The zero-order valence-electron chi connectivity index (χ0n) is 17.5. The molecule has 0 spiro atoms. The van der Waals surface area contributed by atoms with Crippen LogP contribution in [-0.4, -0.2) is 33.7 Å². The number of ether oxygens (including phenoxy) is 1. The summed E-state index contributed by atoms with van der Waals surface area (Å²) in [6.07, 6.45) is 4.89. The normalized spacial score (nSPS) is 17.5. The van der Waals surface area contributed by atoms with Crippen LogP contribution in [0.4, 0.5) is 4.79 Å². The standard InChI is InChI=1S/C23H31N3O2/c1-5-25-20(15-18-10-9-17(16-24)14-21(18)25)12-11-19-8-6-7-13-26(19)22(27)28-23(2,3)4/h9-10,14-15,19H,5-8,11-13H2,1-4H3/t19-/m0/s1. The molecule has 0 bridgehead atoms. The van der Waals surface area contributed by atoms with E-state index in [1.54, 1.807) is 0 Å². The molecule has 5 nitrogen and oxygen atoms in total. The van der Waals surface area contributed by atoms with Crippen molar-refractivity contribution in [2.24, 2.45) is 0 Å². The minimum absolute atomic E-state index is 0.188. The van der Waals surface area contributed by atoms with Crippen LogP contribution < -0.4 is 0 Å². The van der Waals surface area contributed by atoms with Gasteiger partial charge in [-0.2, -0.15) is 5.26 Å². The van der Waals surface area contributed by atoms with E-state index < -0.39 is 5.60 Å². The molecular weight excluding hydrogens is 350 g/mol. The van der Waals surface area contributed by atoms with Crippen molar-refractivity contribution in [3.63, 3.8) is 0 Å². The highest BCUT2D eigenvalue weighted by atomic mass is 16.6. The van der Waals surface area contributed by atoms with Crippen LogP contribution in [0.25, 0.3) is 10.9 Å². The second-order valence-corrected chi connectivity index (χ2v) is 8.63. The van der Waals surface area contributed by atoms with Crippen LogP contribution in [-0.2, 0) is 17.7 Å². The quantitative estimate of drug-likeness (QED) is 0.726. The number of nitriles is 1. The van der Waals surface area contributed by atoms with Crippen LogP contribution >= 0.6 is 0 Å². The molecule has 0 N–H and O–H groups in total. The van der Waals surface area contributed by atoms with Gasteiger partial charge in [0, 0.05) is 30.3 Å². The van der Waals surface area contributed by atoms with Crippen molar-refractivity contribution >= 4 is 17.0 Å². The number of benzene rings is 1. The fraction of sp³-hybridized carbons (Fsp3) is 0.565. The Labute approximate surface area is 167 Å². The smallest absolute Gasteiger partial charge is 0.410 e. The van der Waals surface area contributed by atoms with Gasteiger partial charge in [-0.05, 0) is 83.4 Å². The molecule has 0 saturated carbocycles. The Kier molecular flexibility index (Phi) is 5.98. The number of aromatic nitrogens is 1. The summed E-state index contributed by atoms with van der Waals surface area (Å²) in [6, 6.07) is 10.5. The molecule has 0 aliphatic carbocycles. The SMILES string of the molecule is CCn1c(CC[C@@H]2CCCCN2C(=O)OC(C)(C)C)cc2ccc(C#N)cc21. The van der Waals surface area contributed by atoms with Crippen molar-refractivity contribution < 1.29 is 9.53 Å². The van der Waals surface area contributed by atoms with Crippen LogP contribution in [0.2, 0.25) is 0 Å². The maximum absolute atomic E-state index is 12.6. The molecule has 150 valence electrons. The molecule has 0 radical (unpaired) electrons. The van der Waals surface area contributed by atoms with Gasteiger partial charge in [-0.3, -0.25) is 0 Å². The van der Waals surface area contributed by atoms with Gasteiger partial charge in [0.2, 0.25) is 0 Å². The zero-order chi connectivity index (χ0) is 20.3. The number of carbonyl (C=O) groups excluding carboxylic acids is 1. The number of amides is 1. The Morgan fingerprint density at radius 1 is 1.29 bits per heavy atom. The zero-order valence-corrected chi connectivity index (χ0v) is 17.5. The van der Waals surface area contributed by atoms with E-state index in [2.05, 4.69) is 23.6 Å². The number of aryl methyl sites for hydroxylation is 2. The van der Waals surface area contributed by atoms with E-state index >= 15 is 0 Å². The van der Waals surface area contributed by atoms with Gasteiger partial charge in [0.15, 0.2) is 0 Å². The number of piperidine rings is 1. The molecule has 1 saturated heterocycles. The lowest BCUT2D eigenvalue weighted by atomic mass is 9.97. The van der Waals surface area contributed by atoms with Gasteiger partial charge in [-0.15, -0.1) is 0 Å². The summed E-state index contributed by atoms with van der Waals surface area (Å²) in [4.78, 5) is 14.6. The molecule has 28 heavy (non-hydrogen) atoms. The number of hydrogen-bond donors (Lipinski definition) is 0. The summed E-state index contributed by atoms with van der Waals surface area (Å²) in [7, 11) is 0. The first-order chi connectivity index (χ1) is 13.3. The van der Waals surface area contributed by atoms with Crippen molar-refractivity contribution in [3.05, 3.63) is 35.5 Å². The molecule has 1 fully saturated rings. The second-order valence-electron chi connectivity index (χ2n) is 8.63. The largest absolute Gasteiger partial charge is 0.444 e. The molecule has 1 aliphatic rings. The first-order valence-electron chi connectivity index (χ1n) is 10.3. The van der Waals surface area contributed by atoms with Crippen molar-refractivity contribution in [3.8, 4) is 6.07 Å². The monoisotopic (exact) mass is 381 g/mol. The maximum atomic E-state index is 12.6.